The van der Waals surface area contributed by atoms with Gasteiger partial charge in [0.2, 0.25) is 0 Å². The van der Waals surface area contributed by atoms with Gasteiger partial charge in [-0.05, 0) is 49.7 Å². The highest BCUT2D eigenvalue weighted by atomic mass is 16.1. The Morgan fingerprint density at radius 3 is 2.45 bits per heavy atom. The Labute approximate surface area is 131 Å². The second kappa shape index (κ2) is 7.50. The topological polar surface area (TPSA) is 58.4 Å². The molecule has 0 radical (unpaired) electrons. The van der Waals surface area contributed by atoms with Crippen molar-refractivity contribution in [2.45, 2.75) is 13.8 Å². The van der Waals surface area contributed by atoms with Gasteiger partial charge >= 0.3 is 0 Å². The van der Waals surface area contributed by atoms with Gasteiger partial charge < -0.3 is 16.0 Å². The predicted octanol–water partition coefficient (Wildman–Crippen LogP) is 2.83. The number of nitrogens with one attached hydrogen (secondary N) is 1. The lowest BCUT2D eigenvalue weighted by molar-refractivity contribution is 0.0954. The molecule has 0 saturated carbocycles. The lowest BCUT2D eigenvalue weighted by Crippen LogP contribution is -2.35. The van der Waals surface area contributed by atoms with Crippen LogP contribution in [-0.2, 0) is 0 Å². The summed E-state index contributed by atoms with van der Waals surface area (Å²) in [6, 6.07) is 15.2. The highest BCUT2D eigenvalue weighted by Gasteiger charge is 2.08. The number of rotatable bonds is 6. The van der Waals surface area contributed by atoms with E-state index in [1.54, 1.807) is 24.3 Å². The van der Waals surface area contributed by atoms with E-state index in [1.807, 2.05) is 12.1 Å². The van der Waals surface area contributed by atoms with E-state index < -0.39 is 0 Å². The van der Waals surface area contributed by atoms with Gasteiger partial charge in [-0.25, -0.2) is 0 Å². The summed E-state index contributed by atoms with van der Waals surface area (Å²) in [4.78, 5) is 14.3. The van der Waals surface area contributed by atoms with Gasteiger partial charge in [-0.3, -0.25) is 4.79 Å². The third-order valence-corrected chi connectivity index (χ3v) is 3.68. The maximum absolute atomic E-state index is 12.1. The number of aryl methyl sites for hydroxylation is 1. The summed E-state index contributed by atoms with van der Waals surface area (Å²) in [5.41, 5.74) is 9.38. The number of anilines is 2. The minimum Gasteiger partial charge on any atom is -0.399 e. The molecule has 4 heteroatoms. The molecule has 3 N–H and O–H groups in total. The molecule has 0 fully saturated rings. The number of hydrogen-bond acceptors (Lipinski definition) is 3. The minimum atomic E-state index is -0.0687. The molecule has 0 atom stereocenters. The highest BCUT2D eigenvalue weighted by molar-refractivity contribution is 5.94. The molecule has 2 rings (SSSR count). The Morgan fingerprint density at radius 1 is 1.14 bits per heavy atom. The van der Waals surface area contributed by atoms with Crippen LogP contribution < -0.4 is 16.0 Å². The molecule has 0 bridgehead atoms. The van der Waals surface area contributed by atoms with Crippen molar-refractivity contribution in [2.75, 3.05) is 30.3 Å². The third-order valence-electron chi connectivity index (χ3n) is 3.68. The summed E-state index contributed by atoms with van der Waals surface area (Å²) in [6.07, 6.45) is 0. The number of nitrogens with zero attached hydrogens (tertiary/aromatic N) is 1. The Bertz CT molecular complexity index is 622. The van der Waals surface area contributed by atoms with Crippen LogP contribution in [0.15, 0.2) is 48.5 Å². The number of benzene rings is 2. The molecular formula is C18H23N3O. The Morgan fingerprint density at radius 2 is 1.82 bits per heavy atom. The second-order valence-electron chi connectivity index (χ2n) is 5.24. The molecule has 22 heavy (non-hydrogen) atoms. The van der Waals surface area contributed by atoms with Gasteiger partial charge in [-0.1, -0.05) is 18.2 Å². The molecule has 0 saturated heterocycles. The van der Waals surface area contributed by atoms with Gasteiger partial charge in [-0.15, -0.1) is 0 Å². The van der Waals surface area contributed by atoms with Crippen LogP contribution in [0.1, 0.15) is 22.8 Å². The molecule has 0 aliphatic carbocycles. The van der Waals surface area contributed by atoms with Gasteiger partial charge in [0.05, 0.1) is 0 Å². The monoisotopic (exact) mass is 297 g/mol. The van der Waals surface area contributed by atoms with Crippen LogP contribution in [0.5, 0.6) is 0 Å². The fourth-order valence-corrected chi connectivity index (χ4v) is 2.41. The molecule has 0 aliphatic rings. The van der Waals surface area contributed by atoms with E-state index in [0.29, 0.717) is 17.8 Å². The van der Waals surface area contributed by atoms with Crippen molar-refractivity contribution in [2.24, 2.45) is 0 Å². The SMILES string of the molecule is CCN(CCNC(=O)c1ccc(N)cc1)c1ccccc1C. The molecule has 4 nitrogen and oxygen atoms in total. The zero-order valence-electron chi connectivity index (χ0n) is 13.2. The van der Waals surface area contributed by atoms with Gasteiger partial charge in [-0.2, -0.15) is 0 Å². The average molecular weight is 297 g/mol. The molecule has 1 amide bonds. The Hall–Kier alpha value is -2.49. The highest BCUT2D eigenvalue weighted by Crippen LogP contribution is 2.18. The number of carbonyl (C=O) groups is 1. The smallest absolute Gasteiger partial charge is 0.251 e. The summed E-state index contributed by atoms with van der Waals surface area (Å²) in [7, 11) is 0. The van der Waals surface area contributed by atoms with E-state index in [0.717, 1.165) is 13.1 Å². The number of hydrogen-bond donors (Lipinski definition) is 2. The van der Waals surface area contributed by atoms with E-state index in [-0.39, 0.29) is 5.91 Å². The van der Waals surface area contributed by atoms with E-state index in [1.165, 1.54) is 11.3 Å². The van der Waals surface area contributed by atoms with Crippen molar-refractivity contribution in [3.63, 3.8) is 0 Å². The zero-order chi connectivity index (χ0) is 15.9. The molecule has 0 spiro atoms. The number of amides is 1. The lowest BCUT2D eigenvalue weighted by Gasteiger charge is -2.25. The second-order valence-corrected chi connectivity index (χ2v) is 5.24. The molecule has 0 aromatic heterocycles. The van der Waals surface area contributed by atoms with Crippen LogP contribution in [0.25, 0.3) is 0 Å². The molecule has 2 aromatic carbocycles. The van der Waals surface area contributed by atoms with Crippen molar-refractivity contribution < 1.29 is 4.79 Å². The first-order chi connectivity index (χ1) is 10.6. The number of likely N-dealkylation sites (N-methyl/N-ethyl adjacent to an activating group) is 1. The van der Waals surface area contributed by atoms with Gasteiger partial charge in [0.25, 0.3) is 5.91 Å². The van der Waals surface area contributed by atoms with Crippen LogP contribution in [0, 0.1) is 6.92 Å². The van der Waals surface area contributed by atoms with E-state index in [9.17, 15) is 4.79 Å². The van der Waals surface area contributed by atoms with Crippen molar-refractivity contribution in [3.05, 3.63) is 59.7 Å². The van der Waals surface area contributed by atoms with Crippen molar-refractivity contribution in [1.82, 2.24) is 5.32 Å². The van der Waals surface area contributed by atoms with Crippen LogP contribution in [0.2, 0.25) is 0 Å². The third kappa shape index (κ3) is 4.01. The normalized spacial score (nSPS) is 10.3. The van der Waals surface area contributed by atoms with Gasteiger partial charge in [0.15, 0.2) is 0 Å². The van der Waals surface area contributed by atoms with Crippen LogP contribution in [-0.4, -0.2) is 25.5 Å². The molecule has 0 unspecified atom stereocenters. The first kappa shape index (κ1) is 15.9. The molecule has 2 aromatic rings. The number of nitrogens with two attached hydrogens (primary N) is 1. The summed E-state index contributed by atoms with van der Waals surface area (Å²) in [5.74, 6) is -0.0687. The van der Waals surface area contributed by atoms with E-state index in [4.69, 9.17) is 5.73 Å². The minimum absolute atomic E-state index is 0.0687. The average Bonchev–Trinajstić information content (AvgIpc) is 2.53. The Kier molecular flexibility index (Phi) is 5.42. The van der Waals surface area contributed by atoms with Crippen molar-refractivity contribution in [1.29, 1.82) is 0 Å². The first-order valence-corrected chi connectivity index (χ1v) is 7.56. The molecule has 116 valence electrons. The fraction of sp³-hybridized carbons (Fsp3) is 0.278. The standard InChI is InChI=1S/C18H23N3O/c1-3-21(17-7-5-4-6-14(17)2)13-12-20-18(22)15-8-10-16(19)11-9-15/h4-11H,3,12-13,19H2,1-2H3,(H,20,22). The summed E-state index contributed by atoms with van der Waals surface area (Å²) in [6.45, 7) is 6.51. The maximum Gasteiger partial charge on any atom is 0.251 e. The summed E-state index contributed by atoms with van der Waals surface area (Å²) < 4.78 is 0. The molecular weight excluding hydrogens is 274 g/mol. The Balaban J connectivity index is 1.90. The van der Waals surface area contributed by atoms with E-state index >= 15 is 0 Å². The predicted molar refractivity (Wildman–Crippen MR) is 92.3 cm³/mol. The van der Waals surface area contributed by atoms with Crippen LogP contribution in [0.4, 0.5) is 11.4 Å². The fourth-order valence-electron chi connectivity index (χ4n) is 2.41. The summed E-state index contributed by atoms with van der Waals surface area (Å²) in [5, 5.41) is 2.95. The lowest BCUT2D eigenvalue weighted by atomic mass is 10.2. The molecule has 0 aliphatic heterocycles. The number of para-hydroxylation sites is 1. The van der Waals surface area contributed by atoms with Crippen LogP contribution in [0.3, 0.4) is 0 Å². The molecule has 0 heterocycles. The largest absolute Gasteiger partial charge is 0.399 e. The van der Waals surface area contributed by atoms with Gasteiger partial charge in [0.1, 0.15) is 0 Å². The van der Waals surface area contributed by atoms with Crippen molar-refractivity contribution in [3.8, 4) is 0 Å². The number of carbonyl (C=O) groups excluding carboxylic acids is 1. The van der Waals surface area contributed by atoms with Crippen LogP contribution >= 0.6 is 0 Å². The summed E-state index contributed by atoms with van der Waals surface area (Å²) >= 11 is 0. The zero-order valence-corrected chi connectivity index (χ0v) is 13.2. The number of nitrogen functional groups attached to an aromatic ring is 1. The quantitative estimate of drug-likeness (QED) is 0.806. The first-order valence-electron chi connectivity index (χ1n) is 7.56. The maximum atomic E-state index is 12.1. The van der Waals surface area contributed by atoms with Gasteiger partial charge in [0, 0.05) is 36.6 Å². The van der Waals surface area contributed by atoms with Crippen molar-refractivity contribution >= 4 is 17.3 Å². The van der Waals surface area contributed by atoms with E-state index in [2.05, 4.69) is 36.2 Å².